The minimum atomic E-state index is -0.136. The summed E-state index contributed by atoms with van der Waals surface area (Å²) in [6, 6.07) is 1.73. The van der Waals surface area contributed by atoms with E-state index in [4.69, 9.17) is 0 Å². The van der Waals surface area contributed by atoms with Crippen molar-refractivity contribution in [2.75, 3.05) is 14.1 Å². The van der Waals surface area contributed by atoms with E-state index in [9.17, 15) is 9.90 Å². The smallest absolute Gasteiger partial charge is 0.273 e. The maximum absolute atomic E-state index is 11.6. The zero-order valence-corrected chi connectivity index (χ0v) is 9.63. The number of nitrogens with zero attached hydrogens (tertiary/aromatic N) is 3. The summed E-state index contributed by atoms with van der Waals surface area (Å²) in [5, 5.41) is 13.4. The highest BCUT2D eigenvalue weighted by molar-refractivity contribution is 5.91. The van der Waals surface area contributed by atoms with E-state index in [-0.39, 0.29) is 12.0 Å². The molecule has 1 amide bonds. The number of carbonyl (C=O) groups is 1. The average Bonchev–Trinajstić information content (AvgIpc) is 2.62. The van der Waals surface area contributed by atoms with E-state index in [0.717, 1.165) is 19.4 Å². The molecule has 1 saturated carbocycles. The van der Waals surface area contributed by atoms with Crippen LogP contribution in [0.2, 0.25) is 0 Å². The van der Waals surface area contributed by atoms with Crippen molar-refractivity contribution >= 4 is 5.91 Å². The van der Waals surface area contributed by atoms with Crippen LogP contribution in [-0.2, 0) is 6.54 Å². The molecule has 0 aliphatic heterocycles. The van der Waals surface area contributed by atoms with Gasteiger partial charge < -0.3 is 10.0 Å². The van der Waals surface area contributed by atoms with Crippen molar-refractivity contribution in [3.63, 3.8) is 0 Å². The van der Waals surface area contributed by atoms with Gasteiger partial charge in [0.1, 0.15) is 5.69 Å². The number of hydrogen-bond acceptors (Lipinski definition) is 3. The third-order valence-electron chi connectivity index (χ3n) is 2.92. The first-order chi connectivity index (χ1) is 7.56. The second-order valence-corrected chi connectivity index (χ2v) is 4.61. The Balaban J connectivity index is 1.94. The lowest BCUT2D eigenvalue weighted by Crippen LogP contribution is -2.31. The number of amides is 1. The van der Waals surface area contributed by atoms with Gasteiger partial charge in [-0.25, -0.2) is 0 Å². The van der Waals surface area contributed by atoms with Crippen molar-refractivity contribution in [2.24, 2.45) is 5.92 Å². The van der Waals surface area contributed by atoms with E-state index >= 15 is 0 Å². The molecular formula is C11H17N3O2. The van der Waals surface area contributed by atoms with Gasteiger partial charge in [0.25, 0.3) is 5.91 Å². The summed E-state index contributed by atoms with van der Waals surface area (Å²) in [4.78, 5) is 13.1. The van der Waals surface area contributed by atoms with Crippen molar-refractivity contribution in [1.29, 1.82) is 0 Å². The predicted octanol–water partition coefficient (Wildman–Crippen LogP) is 0.356. The summed E-state index contributed by atoms with van der Waals surface area (Å²) in [7, 11) is 3.42. The molecule has 1 fully saturated rings. The lowest BCUT2D eigenvalue weighted by molar-refractivity contribution is 0.0335. The highest BCUT2D eigenvalue weighted by Gasteiger charge is 2.27. The van der Waals surface area contributed by atoms with Crippen LogP contribution in [0.1, 0.15) is 23.3 Å². The molecule has 1 aliphatic rings. The van der Waals surface area contributed by atoms with Crippen molar-refractivity contribution in [2.45, 2.75) is 25.5 Å². The molecule has 1 N–H and O–H groups in total. The Morgan fingerprint density at radius 2 is 2.31 bits per heavy atom. The van der Waals surface area contributed by atoms with Crippen LogP contribution in [-0.4, -0.2) is 45.9 Å². The molecular weight excluding hydrogens is 206 g/mol. The van der Waals surface area contributed by atoms with Gasteiger partial charge in [0.05, 0.1) is 6.10 Å². The monoisotopic (exact) mass is 223 g/mol. The molecule has 5 nitrogen and oxygen atoms in total. The first-order valence-electron chi connectivity index (χ1n) is 5.49. The molecule has 88 valence electrons. The highest BCUT2D eigenvalue weighted by Crippen LogP contribution is 2.28. The van der Waals surface area contributed by atoms with Crippen molar-refractivity contribution in [3.05, 3.63) is 18.0 Å². The van der Waals surface area contributed by atoms with Crippen LogP contribution >= 0.6 is 0 Å². The van der Waals surface area contributed by atoms with E-state index in [0.29, 0.717) is 11.6 Å². The maximum atomic E-state index is 11.6. The molecule has 1 aromatic heterocycles. The van der Waals surface area contributed by atoms with Crippen molar-refractivity contribution < 1.29 is 9.90 Å². The fraction of sp³-hybridized carbons (Fsp3) is 0.636. The third-order valence-corrected chi connectivity index (χ3v) is 2.92. The normalized spacial score (nSPS) is 23.9. The standard InChI is InChI=1S/C11H17N3O2/c1-13(2)11(16)10-3-4-14(12-10)7-8-5-9(15)6-8/h3-4,8-9,15H,5-7H2,1-2H3. The number of aliphatic hydroxyl groups is 1. The summed E-state index contributed by atoms with van der Waals surface area (Å²) >= 11 is 0. The summed E-state index contributed by atoms with van der Waals surface area (Å²) in [6.07, 6.45) is 3.37. The first kappa shape index (κ1) is 11.1. The van der Waals surface area contributed by atoms with E-state index in [2.05, 4.69) is 5.10 Å². The van der Waals surface area contributed by atoms with Crippen LogP contribution in [0.15, 0.2) is 12.3 Å². The minimum Gasteiger partial charge on any atom is -0.393 e. The topological polar surface area (TPSA) is 58.4 Å². The lowest BCUT2D eigenvalue weighted by atomic mass is 9.82. The molecule has 16 heavy (non-hydrogen) atoms. The molecule has 2 rings (SSSR count). The van der Waals surface area contributed by atoms with Crippen LogP contribution in [0.3, 0.4) is 0 Å². The Morgan fingerprint density at radius 3 is 2.88 bits per heavy atom. The second kappa shape index (κ2) is 4.25. The van der Waals surface area contributed by atoms with E-state index in [1.165, 1.54) is 4.90 Å². The highest BCUT2D eigenvalue weighted by atomic mass is 16.3. The van der Waals surface area contributed by atoms with Gasteiger partial charge in [-0.15, -0.1) is 0 Å². The fourth-order valence-electron chi connectivity index (χ4n) is 1.92. The Labute approximate surface area is 94.7 Å². The van der Waals surface area contributed by atoms with E-state index < -0.39 is 0 Å². The molecule has 0 radical (unpaired) electrons. The van der Waals surface area contributed by atoms with Gasteiger partial charge in [-0.05, 0) is 24.8 Å². The van der Waals surface area contributed by atoms with E-state index in [1.807, 2.05) is 6.20 Å². The molecule has 1 aliphatic carbocycles. The Kier molecular flexibility index (Phi) is 2.96. The molecule has 1 aromatic rings. The summed E-state index contributed by atoms with van der Waals surface area (Å²) in [5.41, 5.74) is 0.477. The molecule has 0 atom stereocenters. The van der Waals surface area contributed by atoms with Gasteiger partial charge in [0, 0.05) is 26.8 Å². The van der Waals surface area contributed by atoms with Crippen LogP contribution in [0.5, 0.6) is 0 Å². The van der Waals surface area contributed by atoms with Crippen LogP contribution in [0.4, 0.5) is 0 Å². The zero-order chi connectivity index (χ0) is 11.7. The van der Waals surface area contributed by atoms with Gasteiger partial charge in [-0.3, -0.25) is 9.48 Å². The molecule has 5 heteroatoms. The van der Waals surface area contributed by atoms with Crippen molar-refractivity contribution in [1.82, 2.24) is 14.7 Å². The lowest BCUT2D eigenvalue weighted by Gasteiger charge is -2.31. The average molecular weight is 223 g/mol. The quantitative estimate of drug-likeness (QED) is 0.804. The summed E-state index contributed by atoms with van der Waals surface area (Å²) < 4.78 is 1.78. The number of aromatic nitrogens is 2. The van der Waals surface area contributed by atoms with Gasteiger partial charge in [0.15, 0.2) is 0 Å². The largest absolute Gasteiger partial charge is 0.393 e. The first-order valence-corrected chi connectivity index (χ1v) is 5.49. The molecule has 0 aromatic carbocycles. The Bertz CT molecular complexity index is 380. The predicted molar refractivity (Wildman–Crippen MR) is 59.0 cm³/mol. The van der Waals surface area contributed by atoms with Crippen LogP contribution in [0, 0.1) is 5.92 Å². The van der Waals surface area contributed by atoms with Crippen LogP contribution in [0.25, 0.3) is 0 Å². The van der Waals surface area contributed by atoms with Gasteiger partial charge in [-0.2, -0.15) is 5.10 Å². The third kappa shape index (κ3) is 2.24. The SMILES string of the molecule is CN(C)C(=O)c1ccn(CC2CC(O)C2)n1. The Hall–Kier alpha value is -1.36. The van der Waals surface area contributed by atoms with Crippen LogP contribution < -0.4 is 0 Å². The molecule has 0 unspecified atom stereocenters. The Morgan fingerprint density at radius 1 is 1.62 bits per heavy atom. The van der Waals surface area contributed by atoms with Gasteiger partial charge >= 0.3 is 0 Å². The molecule has 0 spiro atoms. The zero-order valence-electron chi connectivity index (χ0n) is 9.63. The number of hydrogen-bond donors (Lipinski definition) is 1. The number of rotatable bonds is 3. The minimum absolute atomic E-state index is 0.0765. The molecule has 0 bridgehead atoms. The van der Waals surface area contributed by atoms with Crippen molar-refractivity contribution in [3.8, 4) is 0 Å². The number of aliphatic hydroxyl groups excluding tert-OH is 1. The number of carbonyl (C=O) groups excluding carboxylic acids is 1. The van der Waals surface area contributed by atoms with Gasteiger partial charge in [-0.1, -0.05) is 0 Å². The van der Waals surface area contributed by atoms with Gasteiger partial charge in [0.2, 0.25) is 0 Å². The second-order valence-electron chi connectivity index (χ2n) is 4.61. The fourth-order valence-corrected chi connectivity index (χ4v) is 1.92. The molecule has 0 saturated heterocycles. The maximum Gasteiger partial charge on any atom is 0.273 e. The summed E-state index contributed by atoms with van der Waals surface area (Å²) in [6.45, 7) is 0.789. The molecule has 1 heterocycles. The summed E-state index contributed by atoms with van der Waals surface area (Å²) in [5.74, 6) is 0.421. The van der Waals surface area contributed by atoms with E-state index in [1.54, 1.807) is 24.8 Å².